The van der Waals surface area contributed by atoms with E-state index in [0.717, 1.165) is 16.7 Å². The van der Waals surface area contributed by atoms with Crippen LogP contribution < -0.4 is 14.8 Å². The highest BCUT2D eigenvalue weighted by Gasteiger charge is 2.24. The lowest BCUT2D eigenvalue weighted by molar-refractivity contribution is 0.102. The summed E-state index contributed by atoms with van der Waals surface area (Å²) in [5.74, 6) is 0.249. The third kappa shape index (κ3) is 6.01. The van der Waals surface area contributed by atoms with Crippen LogP contribution >= 0.6 is 0 Å². The van der Waals surface area contributed by atoms with E-state index in [1.807, 2.05) is 50.2 Å². The second kappa shape index (κ2) is 10.9. The van der Waals surface area contributed by atoms with Crippen LogP contribution in [0.2, 0.25) is 0 Å². The van der Waals surface area contributed by atoms with Gasteiger partial charge in [0.25, 0.3) is 15.9 Å². The molecular formula is C30H30N2O4S. The zero-order valence-corrected chi connectivity index (χ0v) is 22.1. The molecule has 0 radical (unpaired) electrons. The molecule has 0 heterocycles. The first-order valence-corrected chi connectivity index (χ1v) is 13.4. The molecule has 6 nitrogen and oxygen atoms in total. The second-order valence-electron chi connectivity index (χ2n) is 8.99. The van der Waals surface area contributed by atoms with Gasteiger partial charge in [-0.2, -0.15) is 0 Å². The highest BCUT2D eigenvalue weighted by molar-refractivity contribution is 7.92. The maximum atomic E-state index is 13.4. The van der Waals surface area contributed by atoms with Crippen LogP contribution in [-0.2, 0) is 16.6 Å². The number of rotatable bonds is 8. The van der Waals surface area contributed by atoms with E-state index in [2.05, 4.69) is 10.0 Å². The summed E-state index contributed by atoms with van der Waals surface area (Å²) in [4.78, 5) is 13.4. The Morgan fingerprint density at radius 3 is 2.03 bits per heavy atom. The standard InChI is InChI=1S/C30H30N2O4S/c1-20-18-21(2)23(4)29(22(20)3)37(34,35)32-28-13-9-8-12-27(28)30(33)31-25-14-16-26(17-15-25)36-19-24-10-6-5-7-11-24/h5-18,32H,19H2,1-4H3,(H,31,33). The number of para-hydroxylation sites is 1. The molecule has 1 amide bonds. The number of hydrogen-bond acceptors (Lipinski definition) is 4. The molecule has 0 saturated heterocycles. The minimum atomic E-state index is -3.93. The molecule has 0 fully saturated rings. The van der Waals surface area contributed by atoms with Crippen molar-refractivity contribution in [1.29, 1.82) is 0 Å². The lowest BCUT2D eigenvalue weighted by Crippen LogP contribution is -2.20. The largest absolute Gasteiger partial charge is 0.489 e. The Balaban J connectivity index is 1.50. The Morgan fingerprint density at radius 1 is 0.784 bits per heavy atom. The Bertz CT molecular complexity index is 1500. The van der Waals surface area contributed by atoms with Crippen molar-refractivity contribution in [2.75, 3.05) is 10.0 Å². The van der Waals surface area contributed by atoms with Crippen molar-refractivity contribution < 1.29 is 17.9 Å². The lowest BCUT2D eigenvalue weighted by Gasteiger charge is -2.18. The molecule has 0 atom stereocenters. The van der Waals surface area contributed by atoms with Gasteiger partial charge >= 0.3 is 0 Å². The van der Waals surface area contributed by atoms with Gasteiger partial charge in [-0.25, -0.2) is 8.42 Å². The smallest absolute Gasteiger partial charge is 0.262 e. The van der Waals surface area contributed by atoms with Crippen LogP contribution in [-0.4, -0.2) is 14.3 Å². The van der Waals surface area contributed by atoms with Gasteiger partial charge in [-0.3, -0.25) is 9.52 Å². The van der Waals surface area contributed by atoms with E-state index in [0.29, 0.717) is 29.2 Å². The summed E-state index contributed by atoms with van der Waals surface area (Å²) in [5, 5.41) is 2.84. The molecule has 7 heteroatoms. The van der Waals surface area contributed by atoms with Gasteiger partial charge in [-0.15, -0.1) is 0 Å². The summed E-state index contributed by atoms with van der Waals surface area (Å²) in [5.41, 5.74) is 5.22. The number of carbonyl (C=O) groups excluding carboxylic acids is 1. The third-order valence-corrected chi connectivity index (χ3v) is 7.98. The highest BCUT2D eigenvalue weighted by atomic mass is 32.2. The maximum absolute atomic E-state index is 13.4. The van der Waals surface area contributed by atoms with E-state index in [1.54, 1.807) is 62.4 Å². The van der Waals surface area contributed by atoms with Gasteiger partial charge in [0.2, 0.25) is 0 Å². The lowest BCUT2D eigenvalue weighted by atomic mass is 10.0. The molecule has 0 aliphatic heterocycles. The monoisotopic (exact) mass is 514 g/mol. The van der Waals surface area contributed by atoms with Gasteiger partial charge in [-0.05, 0) is 91.9 Å². The fraction of sp³-hybridized carbons (Fsp3) is 0.167. The van der Waals surface area contributed by atoms with E-state index < -0.39 is 15.9 Å². The normalized spacial score (nSPS) is 11.1. The average molecular weight is 515 g/mol. The minimum absolute atomic E-state index is 0.209. The number of hydrogen-bond donors (Lipinski definition) is 2. The predicted octanol–water partition coefficient (Wildman–Crippen LogP) is 6.55. The Hall–Kier alpha value is -4.10. The van der Waals surface area contributed by atoms with Crippen molar-refractivity contribution >= 4 is 27.3 Å². The van der Waals surface area contributed by atoms with E-state index in [9.17, 15) is 13.2 Å². The molecule has 0 aromatic heterocycles. The van der Waals surface area contributed by atoms with Crippen LogP contribution in [0.3, 0.4) is 0 Å². The number of ether oxygens (including phenoxy) is 1. The summed E-state index contributed by atoms with van der Waals surface area (Å²) < 4.78 is 35.3. The topological polar surface area (TPSA) is 84.5 Å². The number of benzene rings is 4. The van der Waals surface area contributed by atoms with Crippen molar-refractivity contribution in [3.8, 4) is 5.75 Å². The van der Waals surface area contributed by atoms with E-state index in [1.165, 1.54) is 0 Å². The van der Waals surface area contributed by atoms with Gasteiger partial charge in [0, 0.05) is 5.69 Å². The van der Waals surface area contributed by atoms with Gasteiger partial charge in [0.1, 0.15) is 12.4 Å². The molecule has 4 aromatic rings. The average Bonchev–Trinajstić information content (AvgIpc) is 2.88. The molecule has 0 spiro atoms. The molecule has 0 bridgehead atoms. The van der Waals surface area contributed by atoms with Crippen LogP contribution in [0.5, 0.6) is 5.75 Å². The summed E-state index contributed by atoms with van der Waals surface area (Å²) in [6, 6.07) is 25.4. The molecular weight excluding hydrogens is 484 g/mol. The molecule has 190 valence electrons. The molecule has 2 N–H and O–H groups in total. The van der Waals surface area contributed by atoms with Crippen molar-refractivity contribution in [3.63, 3.8) is 0 Å². The molecule has 4 aromatic carbocycles. The highest BCUT2D eigenvalue weighted by Crippen LogP contribution is 2.29. The van der Waals surface area contributed by atoms with Gasteiger partial charge < -0.3 is 10.1 Å². The predicted molar refractivity (Wildman–Crippen MR) is 148 cm³/mol. The Labute approximate surface area is 218 Å². The maximum Gasteiger partial charge on any atom is 0.262 e. The van der Waals surface area contributed by atoms with Crippen LogP contribution in [0, 0.1) is 27.7 Å². The minimum Gasteiger partial charge on any atom is -0.489 e. The van der Waals surface area contributed by atoms with E-state index >= 15 is 0 Å². The van der Waals surface area contributed by atoms with Crippen molar-refractivity contribution in [1.82, 2.24) is 0 Å². The van der Waals surface area contributed by atoms with Gasteiger partial charge in [0.05, 0.1) is 16.1 Å². The van der Waals surface area contributed by atoms with Gasteiger partial charge in [0.15, 0.2) is 0 Å². The number of amides is 1. The Morgan fingerprint density at radius 2 is 1.38 bits per heavy atom. The summed E-state index contributed by atoms with van der Waals surface area (Å²) in [6.45, 7) is 7.81. The van der Waals surface area contributed by atoms with Crippen LogP contribution in [0.15, 0.2) is 89.8 Å². The first kappa shape index (κ1) is 26.0. The van der Waals surface area contributed by atoms with Crippen molar-refractivity contribution in [2.45, 2.75) is 39.2 Å². The van der Waals surface area contributed by atoms with Gasteiger partial charge in [-0.1, -0.05) is 48.5 Å². The van der Waals surface area contributed by atoms with Crippen molar-refractivity contribution in [3.05, 3.63) is 118 Å². The molecule has 4 rings (SSSR count). The quantitative estimate of drug-likeness (QED) is 0.279. The second-order valence-corrected chi connectivity index (χ2v) is 10.6. The summed E-state index contributed by atoms with van der Waals surface area (Å²) in [6.07, 6.45) is 0. The number of aryl methyl sites for hydroxylation is 2. The van der Waals surface area contributed by atoms with Crippen LogP contribution in [0.4, 0.5) is 11.4 Å². The van der Waals surface area contributed by atoms with E-state index in [4.69, 9.17) is 4.74 Å². The zero-order chi connectivity index (χ0) is 26.6. The van der Waals surface area contributed by atoms with E-state index in [-0.39, 0.29) is 16.1 Å². The molecule has 0 saturated carbocycles. The van der Waals surface area contributed by atoms with Crippen molar-refractivity contribution in [2.24, 2.45) is 0 Å². The SMILES string of the molecule is Cc1cc(C)c(C)c(S(=O)(=O)Nc2ccccc2C(=O)Nc2ccc(OCc3ccccc3)cc2)c1C. The zero-order valence-electron chi connectivity index (χ0n) is 21.3. The Kier molecular flexibility index (Phi) is 7.64. The number of sulfonamides is 1. The fourth-order valence-electron chi connectivity index (χ4n) is 4.12. The molecule has 0 aliphatic rings. The summed E-state index contributed by atoms with van der Waals surface area (Å²) in [7, 11) is -3.93. The first-order chi connectivity index (χ1) is 17.7. The molecule has 37 heavy (non-hydrogen) atoms. The fourth-order valence-corrected chi connectivity index (χ4v) is 5.82. The molecule has 0 aliphatic carbocycles. The van der Waals surface area contributed by atoms with Crippen LogP contribution in [0.1, 0.15) is 38.2 Å². The number of nitrogens with one attached hydrogen (secondary N) is 2. The summed E-state index contributed by atoms with van der Waals surface area (Å²) >= 11 is 0. The number of carbonyl (C=O) groups is 1. The van der Waals surface area contributed by atoms with Crippen LogP contribution in [0.25, 0.3) is 0 Å². The third-order valence-electron chi connectivity index (χ3n) is 6.34. The first-order valence-electron chi connectivity index (χ1n) is 11.9. The molecule has 0 unspecified atom stereocenters. The number of anilines is 2.